The van der Waals surface area contributed by atoms with E-state index in [-0.39, 0.29) is 23.6 Å². The molecule has 1 saturated heterocycles. The predicted octanol–water partition coefficient (Wildman–Crippen LogP) is 3.12. The molecule has 0 aliphatic carbocycles. The van der Waals surface area contributed by atoms with Crippen LogP contribution in [0.3, 0.4) is 0 Å². The monoisotopic (exact) mass is 383 g/mol. The molecule has 1 atom stereocenters. The van der Waals surface area contributed by atoms with Crippen LogP contribution in [0.15, 0.2) is 28.6 Å². The lowest BCUT2D eigenvalue weighted by molar-refractivity contribution is 0.192. The molecule has 1 aliphatic rings. The number of thiophene rings is 1. The fourth-order valence-corrected chi connectivity index (χ4v) is 5.92. The lowest BCUT2D eigenvalue weighted by Gasteiger charge is -2.34. The maximum atomic E-state index is 13.4. The van der Waals surface area contributed by atoms with Crippen LogP contribution in [0.1, 0.15) is 45.6 Å². The Labute approximate surface area is 153 Å². The van der Waals surface area contributed by atoms with Gasteiger partial charge in [0.15, 0.2) is 0 Å². The standard InChI is InChI=1S/C17H25N3O3S2/c1-13(2)19-12-16(17(18-19)15-7-5-11-24-15)25(22,23)20-9-4-3-6-14(20)8-10-21/h5,7,11-14,21H,3-4,6,8-10H2,1-2H3. The van der Waals surface area contributed by atoms with Crippen LogP contribution in [-0.4, -0.2) is 46.8 Å². The van der Waals surface area contributed by atoms with Gasteiger partial charge in [0.1, 0.15) is 10.6 Å². The highest BCUT2D eigenvalue weighted by Crippen LogP contribution is 2.34. The summed E-state index contributed by atoms with van der Waals surface area (Å²) >= 11 is 1.49. The number of aliphatic hydroxyl groups excluding tert-OH is 1. The number of piperidine rings is 1. The predicted molar refractivity (Wildman–Crippen MR) is 99.2 cm³/mol. The van der Waals surface area contributed by atoms with Gasteiger partial charge in [0, 0.05) is 31.4 Å². The molecular formula is C17H25N3O3S2. The van der Waals surface area contributed by atoms with Gasteiger partial charge in [0.25, 0.3) is 0 Å². The van der Waals surface area contributed by atoms with Gasteiger partial charge in [-0.05, 0) is 44.6 Å². The quantitative estimate of drug-likeness (QED) is 0.832. The van der Waals surface area contributed by atoms with Crippen LogP contribution < -0.4 is 0 Å². The fraction of sp³-hybridized carbons (Fsp3) is 0.588. The number of hydrogen-bond acceptors (Lipinski definition) is 5. The molecule has 3 heterocycles. The second kappa shape index (κ2) is 7.57. The van der Waals surface area contributed by atoms with Crippen molar-refractivity contribution in [3.63, 3.8) is 0 Å². The van der Waals surface area contributed by atoms with Gasteiger partial charge in [-0.15, -0.1) is 11.3 Å². The van der Waals surface area contributed by atoms with Crippen LogP contribution in [0.5, 0.6) is 0 Å². The van der Waals surface area contributed by atoms with Gasteiger partial charge in [0.05, 0.1) is 4.88 Å². The number of nitrogens with zero attached hydrogens (tertiary/aromatic N) is 3. The molecule has 1 N–H and O–H groups in total. The topological polar surface area (TPSA) is 75.4 Å². The minimum Gasteiger partial charge on any atom is -0.396 e. The van der Waals surface area contributed by atoms with Crippen molar-refractivity contribution in [3.8, 4) is 10.6 Å². The minimum atomic E-state index is -3.66. The first-order valence-corrected chi connectivity index (χ1v) is 11.0. The van der Waals surface area contributed by atoms with E-state index in [9.17, 15) is 13.5 Å². The van der Waals surface area contributed by atoms with Crippen LogP contribution in [0, 0.1) is 0 Å². The van der Waals surface area contributed by atoms with Gasteiger partial charge in [-0.2, -0.15) is 9.40 Å². The Bertz CT molecular complexity index is 795. The molecular weight excluding hydrogens is 358 g/mol. The van der Waals surface area contributed by atoms with Crippen molar-refractivity contribution < 1.29 is 13.5 Å². The molecule has 2 aromatic rings. The Morgan fingerprint density at radius 2 is 2.20 bits per heavy atom. The Morgan fingerprint density at radius 3 is 2.84 bits per heavy atom. The Hall–Kier alpha value is -1.22. The lowest BCUT2D eigenvalue weighted by atomic mass is 10.0. The molecule has 0 aromatic carbocycles. The van der Waals surface area contributed by atoms with E-state index >= 15 is 0 Å². The Morgan fingerprint density at radius 1 is 1.40 bits per heavy atom. The first-order valence-electron chi connectivity index (χ1n) is 8.71. The van der Waals surface area contributed by atoms with Gasteiger partial charge in [0.2, 0.25) is 10.0 Å². The number of aromatic nitrogens is 2. The van der Waals surface area contributed by atoms with E-state index in [0.29, 0.717) is 18.7 Å². The van der Waals surface area contributed by atoms with E-state index in [4.69, 9.17) is 0 Å². The smallest absolute Gasteiger partial charge is 0.247 e. The number of hydrogen-bond donors (Lipinski definition) is 1. The van der Waals surface area contributed by atoms with Crippen molar-refractivity contribution in [2.75, 3.05) is 13.2 Å². The zero-order valence-corrected chi connectivity index (χ0v) is 16.3. The van der Waals surface area contributed by atoms with Crippen LogP contribution in [0.4, 0.5) is 0 Å². The molecule has 2 aromatic heterocycles. The molecule has 0 bridgehead atoms. The van der Waals surface area contributed by atoms with Crippen LogP contribution >= 0.6 is 11.3 Å². The molecule has 3 rings (SSSR count). The summed E-state index contributed by atoms with van der Waals surface area (Å²) in [5.74, 6) is 0. The zero-order chi connectivity index (χ0) is 18.0. The molecule has 6 nitrogen and oxygen atoms in total. The van der Waals surface area contributed by atoms with Crippen molar-refractivity contribution in [2.45, 2.75) is 56.5 Å². The average molecular weight is 384 g/mol. The van der Waals surface area contributed by atoms with E-state index < -0.39 is 10.0 Å². The second-order valence-electron chi connectivity index (χ2n) is 6.67. The van der Waals surface area contributed by atoms with E-state index in [1.165, 1.54) is 11.3 Å². The SMILES string of the molecule is CC(C)n1cc(S(=O)(=O)N2CCCCC2CCO)c(-c2cccs2)n1. The van der Waals surface area contributed by atoms with Gasteiger partial charge in [-0.25, -0.2) is 8.42 Å². The molecule has 25 heavy (non-hydrogen) atoms. The Balaban J connectivity index is 2.07. The molecule has 0 saturated carbocycles. The zero-order valence-electron chi connectivity index (χ0n) is 14.6. The fourth-order valence-electron chi connectivity index (χ4n) is 3.27. The van der Waals surface area contributed by atoms with Gasteiger partial charge in [-0.3, -0.25) is 4.68 Å². The number of aliphatic hydroxyl groups is 1. The van der Waals surface area contributed by atoms with Crippen LogP contribution in [0.25, 0.3) is 10.6 Å². The summed E-state index contributed by atoms with van der Waals surface area (Å²) in [6.07, 6.45) is 4.78. The number of sulfonamides is 1. The van der Waals surface area contributed by atoms with Crippen molar-refractivity contribution in [3.05, 3.63) is 23.7 Å². The van der Waals surface area contributed by atoms with Crippen molar-refractivity contribution in [1.29, 1.82) is 0 Å². The highest BCUT2D eigenvalue weighted by Gasteiger charge is 2.36. The highest BCUT2D eigenvalue weighted by atomic mass is 32.2. The number of rotatable bonds is 6. The summed E-state index contributed by atoms with van der Waals surface area (Å²) in [4.78, 5) is 1.13. The first kappa shape index (κ1) is 18.6. The van der Waals surface area contributed by atoms with Gasteiger partial charge < -0.3 is 5.11 Å². The van der Waals surface area contributed by atoms with E-state index in [1.807, 2.05) is 31.4 Å². The molecule has 138 valence electrons. The molecule has 1 unspecified atom stereocenters. The Kier molecular flexibility index (Phi) is 5.62. The van der Waals surface area contributed by atoms with E-state index in [0.717, 1.165) is 24.1 Å². The van der Waals surface area contributed by atoms with Crippen LogP contribution in [0.2, 0.25) is 0 Å². The molecule has 8 heteroatoms. The summed E-state index contributed by atoms with van der Waals surface area (Å²) < 4.78 is 30.1. The highest BCUT2D eigenvalue weighted by molar-refractivity contribution is 7.89. The molecule has 1 aliphatic heterocycles. The lowest BCUT2D eigenvalue weighted by Crippen LogP contribution is -2.44. The minimum absolute atomic E-state index is 0.000273. The summed E-state index contributed by atoms with van der Waals surface area (Å²) in [6.45, 7) is 4.47. The average Bonchev–Trinajstić information content (AvgIpc) is 3.25. The van der Waals surface area contributed by atoms with E-state index in [2.05, 4.69) is 5.10 Å². The molecule has 0 radical (unpaired) electrons. The van der Waals surface area contributed by atoms with Crippen molar-refractivity contribution >= 4 is 21.4 Å². The maximum absolute atomic E-state index is 13.4. The summed E-state index contributed by atoms with van der Waals surface area (Å²) in [7, 11) is -3.66. The largest absolute Gasteiger partial charge is 0.396 e. The summed E-state index contributed by atoms with van der Waals surface area (Å²) in [5.41, 5.74) is 0.525. The third-order valence-corrected chi connectivity index (χ3v) is 7.43. The first-order chi connectivity index (χ1) is 11.9. The summed E-state index contributed by atoms with van der Waals surface area (Å²) in [6, 6.07) is 3.75. The second-order valence-corrected chi connectivity index (χ2v) is 9.48. The van der Waals surface area contributed by atoms with Gasteiger partial charge >= 0.3 is 0 Å². The third kappa shape index (κ3) is 3.67. The van der Waals surface area contributed by atoms with Crippen LogP contribution in [-0.2, 0) is 10.0 Å². The molecule has 0 amide bonds. The molecule has 1 fully saturated rings. The summed E-state index contributed by atoms with van der Waals surface area (Å²) in [5, 5.41) is 15.8. The normalized spacial score (nSPS) is 19.6. The molecule has 0 spiro atoms. The maximum Gasteiger partial charge on any atom is 0.247 e. The van der Waals surface area contributed by atoms with Crippen molar-refractivity contribution in [1.82, 2.24) is 14.1 Å². The third-order valence-electron chi connectivity index (χ3n) is 4.60. The van der Waals surface area contributed by atoms with E-state index in [1.54, 1.807) is 15.2 Å². The van der Waals surface area contributed by atoms with Gasteiger partial charge in [-0.1, -0.05) is 12.5 Å². The van der Waals surface area contributed by atoms with Crippen molar-refractivity contribution in [2.24, 2.45) is 0 Å².